The molecule has 4 nitrogen and oxygen atoms in total. The van der Waals surface area contributed by atoms with Crippen molar-refractivity contribution in [1.82, 2.24) is 9.88 Å². The van der Waals surface area contributed by atoms with Crippen molar-refractivity contribution in [2.75, 3.05) is 0 Å². The monoisotopic (exact) mass is 421 g/mol. The highest BCUT2D eigenvalue weighted by molar-refractivity contribution is 8.18. The summed E-state index contributed by atoms with van der Waals surface area (Å²) in [5.74, 6) is -0.139. The molecule has 6 heteroatoms. The second kappa shape index (κ2) is 7.93. The SMILES string of the molecule is C=CCn1c(C)c(C=C2SC(=Nc3ccc(Cl)cc3C)NC2=O)c2ccccc21. The van der Waals surface area contributed by atoms with Crippen molar-refractivity contribution in [2.45, 2.75) is 20.4 Å². The number of nitrogens with one attached hydrogen (secondary N) is 1. The normalized spacial score (nSPS) is 16.7. The number of aryl methyl sites for hydroxylation is 1. The molecular formula is C23H20ClN3OS. The Morgan fingerprint density at radius 2 is 2.03 bits per heavy atom. The van der Waals surface area contributed by atoms with Crippen LogP contribution in [0.5, 0.6) is 0 Å². The van der Waals surface area contributed by atoms with Gasteiger partial charge in [-0.05, 0) is 61.5 Å². The third-order valence-corrected chi connectivity index (χ3v) is 6.04. The number of nitrogens with zero attached hydrogens (tertiary/aromatic N) is 2. The zero-order chi connectivity index (χ0) is 20.5. The Morgan fingerprint density at radius 1 is 1.24 bits per heavy atom. The maximum Gasteiger partial charge on any atom is 0.264 e. The maximum atomic E-state index is 12.6. The molecule has 0 aliphatic carbocycles. The molecule has 1 aliphatic rings. The van der Waals surface area contributed by atoms with Crippen LogP contribution in [0.15, 0.2) is 65.0 Å². The quantitative estimate of drug-likeness (QED) is 0.415. The van der Waals surface area contributed by atoms with E-state index >= 15 is 0 Å². The number of carbonyl (C=O) groups excluding carboxylic acids is 1. The summed E-state index contributed by atoms with van der Waals surface area (Å²) in [6, 6.07) is 13.7. The fourth-order valence-corrected chi connectivity index (χ4v) is 4.51. The molecule has 1 aliphatic heterocycles. The summed E-state index contributed by atoms with van der Waals surface area (Å²) in [6.45, 7) is 8.60. The number of carbonyl (C=O) groups is 1. The van der Waals surface area contributed by atoms with E-state index in [-0.39, 0.29) is 5.91 Å². The van der Waals surface area contributed by atoms with E-state index in [0.717, 1.165) is 40.0 Å². The minimum Gasteiger partial charge on any atom is -0.340 e. The Labute approximate surface area is 179 Å². The molecule has 29 heavy (non-hydrogen) atoms. The molecule has 1 N–H and O–H groups in total. The van der Waals surface area contributed by atoms with Gasteiger partial charge in [0.25, 0.3) is 5.91 Å². The lowest BCUT2D eigenvalue weighted by Gasteiger charge is -2.04. The second-order valence-electron chi connectivity index (χ2n) is 6.83. The average molecular weight is 422 g/mol. The second-order valence-corrected chi connectivity index (χ2v) is 8.30. The van der Waals surface area contributed by atoms with Crippen LogP contribution in [0.2, 0.25) is 5.02 Å². The number of aromatic nitrogens is 1. The number of amides is 1. The zero-order valence-corrected chi connectivity index (χ0v) is 17.8. The molecule has 4 rings (SSSR count). The van der Waals surface area contributed by atoms with Crippen LogP contribution in [-0.2, 0) is 11.3 Å². The van der Waals surface area contributed by atoms with Crippen molar-refractivity contribution in [3.05, 3.63) is 81.9 Å². The fourth-order valence-electron chi connectivity index (χ4n) is 3.47. The van der Waals surface area contributed by atoms with Gasteiger partial charge in [-0.2, -0.15) is 0 Å². The first-order chi connectivity index (χ1) is 14.0. The summed E-state index contributed by atoms with van der Waals surface area (Å²) >= 11 is 7.37. The number of allylic oxidation sites excluding steroid dienone is 1. The number of fused-ring (bicyclic) bond motifs is 1. The van der Waals surface area contributed by atoms with Crippen molar-refractivity contribution < 1.29 is 4.79 Å². The summed E-state index contributed by atoms with van der Waals surface area (Å²) < 4.78 is 2.21. The highest BCUT2D eigenvalue weighted by Crippen LogP contribution is 2.33. The van der Waals surface area contributed by atoms with Crippen molar-refractivity contribution >= 4 is 57.1 Å². The van der Waals surface area contributed by atoms with E-state index < -0.39 is 0 Å². The van der Waals surface area contributed by atoms with Gasteiger partial charge in [0.05, 0.1) is 10.6 Å². The number of para-hydroxylation sites is 1. The Morgan fingerprint density at radius 3 is 2.79 bits per heavy atom. The van der Waals surface area contributed by atoms with Gasteiger partial charge in [-0.15, -0.1) is 6.58 Å². The largest absolute Gasteiger partial charge is 0.340 e. The Kier molecular flexibility index (Phi) is 5.35. The van der Waals surface area contributed by atoms with E-state index in [1.807, 2.05) is 43.3 Å². The molecule has 1 saturated heterocycles. The van der Waals surface area contributed by atoms with Crippen LogP contribution in [0.4, 0.5) is 5.69 Å². The molecular weight excluding hydrogens is 402 g/mol. The molecule has 1 amide bonds. The van der Waals surface area contributed by atoms with Crippen molar-refractivity contribution in [3.63, 3.8) is 0 Å². The van der Waals surface area contributed by atoms with Crippen LogP contribution in [0.1, 0.15) is 16.8 Å². The Balaban J connectivity index is 1.73. The molecule has 0 atom stereocenters. The van der Waals surface area contributed by atoms with Gasteiger partial charge in [0, 0.05) is 33.7 Å². The standard InChI is InChI=1S/C23H20ClN3OS/c1-4-11-27-15(3)18(17-7-5-6-8-20(17)27)13-21-22(28)26-23(29-21)25-19-10-9-16(24)12-14(19)2/h4-10,12-13H,1,11H2,2-3H3,(H,25,26,28). The summed E-state index contributed by atoms with van der Waals surface area (Å²) in [5, 5.41) is 5.22. The molecule has 0 radical (unpaired) electrons. The summed E-state index contributed by atoms with van der Waals surface area (Å²) in [4.78, 5) is 17.8. The van der Waals surface area contributed by atoms with E-state index in [9.17, 15) is 4.79 Å². The van der Waals surface area contributed by atoms with Crippen LogP contribution in [0.3, 0.4) is 0 Å². The zero-order valence-electron chi connectivity index (χ0n) is 16.2. The van der Waals surface area contributed by atoms with Crippen molar-refractivity contribution in [2.24, 2.45) is 4.99 Å². The fraction of sp³-hybridized carbons (Fsp3) is 0.130. The Hall–Kier alpha value is -2.76. The van der Waals surface area contributed by atoms with E-state index in [1.54, 1.807) is 6.07 Å². The van der Waals surface area contributed by atoms with Crippen LogP contribution in [-0.4, -0.2) is 15.6 Å². The van der Waals surface area contributed by atoms with E-state index in [4.69, 9.17) is 11.6 Å². The minimum atomic E-state index is -0.139. The third-order valence-electron chi connectivity index (χ3n) is 4.90. The first kappa shape index (κ1) is 19.6. The molecule has 1 fully saturated rings. The molecule has 0 bridgehead atoms. The molecule has 0 spiro atoms. The van der Waals surface area contributed by atoms with E-state index in [2.05, 4.69) is 40.5 Å². The van der Waals surface area contributed by atoms with Crippen LogP contribution < -0.4 is 5.32 Å². The smallest absolute Gasteiger partial charge is 0.264 e. The van der Waals surface area contributed by atoms with Crippen LogP contribution >= 0.6 is 23.4 Å². The van der Waals surface area contributed by atoms with Crippen LogP contribution in [0, 0.1) is 13.8 Å². The number of rotatable bonds is 4. The molecule has 2 heterocycles. The average Bonchev–Trinajstić information content (AvgIpc) is 3.17. The van der Waals surface area contributed by atoms with Gasteiger partial charge in [-0.1, -0.05) is 35.9 Å². The minimum absolute atomic E-state index is 0.139. The molecule has 146 valence electrons. The lowest BCUT2D eigenvalue weighted by Crippen LogP contribution is -2.19. The number of aliphatic imine (C=N–C) groups is 1. The van der Waals surface area contributed by atoms with E-state index in [1.165, 1.54) is 11.8 Å². The highest BCUT2D eigenvalue weighted by atomic mass is 35.5. The van der Waals surface area contributed by atoms with Crippen molar-refractivity contribution in [3.8, 4) is 0 Å². The topological polar surface area (TPSA) is 46.4 Å². The highest BCUT2D eigenvalue weighted by Gasteiger charge is 2.25. The van der Waals surface area contributed by atoms with Gasteiger partial charge >= 0.3 is 0 Å². The lowest BCUT2D eigenvalue weighted by molar-refractivity contribution is -0.115. The maximum absolute atomic E-state index is 12.6. The van der Waals surface area contributed by atoms with E-state index in [0.29, 0.717) is 15.1 Å². The van der Waals surface area contributed by atoms with Gasteiger partial charge in [0.1, 0.15) is 0 Å². The first-order valence-corrected chi connectivity index (χ1v) is 10.4. The first-order valence-electron chi connectivity index (χ1n) is 9.22. The van der Waals surface area contributed by atoms with Gasteiger partial charge in [0.15, 0.2) is 5.17 Å². The molecule has 2 aromatic carbocycles. The summed E-state index contributed by atoms with van der Waals surface area (Å²) in [7, 11) is 0. The lowest BCUT2D eigenvalue weighted by atomic mass is 10.1. The molecule has 0 saturated carbocycles. The molecule has 3 aromatic rings. The predicted molar refractivity (Wildman–Crippen MR) is 124 cm³/mol. The van der Waals surface area contributed by atoms with Crippen molar-refractivity contribution in [1.29, 1.82) is 0 Å². The number of amidine groups is 1. The number of hydrogen-bond acceptors (Lipinski definition) is 3. The number of thioether (sulfide) groups is 1. The molecule has 0 unspecified atom stereocenters. The molecule has 1 aromatic heterocycles. The summed E-state index contributed by atoms with van der Waals surface area (Å²) in [6.07, 6.45) is 3.83. The Bertz CT molecular complexity index is 1210. The summed E-state index contributed by atoms with van der Waals surface area (Å²) in [5.41, 5.74) is 5.03. The predicted octanol–water partition coefficient (Wildman–Crippen LogP) is 5.99. The van der Waals surface area contributed by atoms with Gasteiger partial charge < -0.3 is 9.88 Å². The van der Waals surface area contributed by atoms with Crippen LogP contribution in [0.25, 0.3) is 17.0 Å². The van der Waals surface area contributed by atoms with Gasteiger partial charge in [-0.3, -0.25) is 4.79 Å². The van der Waals surface area contributed by atoms with Gasteiger partial charge in [0.2, 0.25) is 0 Å². The third kappa shape index (κ3) is 3.76. The number of hydrogen-bond donors (Lipinski definition) is 1. The number of benzene rings is 2. The van der Waals surface area contributed by atoms with Gasteiger partial charge in [-0.25, -0.2) is 4.99 Å². The number of halogens is 1.